The van der Waals surface area contributed by atoms with Crippen LogP contribution in [0.3, 0.4) is 0 Å². The number of hydrogen-bond donors (Lipinski definition) is 3. The van der Waals surface area contributed by atoms with Crippen LogP contribution in [-0.2, 0) is 9.78 Å². The van der Waals surface area contributed by atoms with Crippen LogP contribution in [-0.4, -0.2) is 15.3 Å². The van der Waals surface area contributed by atoms with E-state index in [4.69, 9.17) is 0 Å². The second-order valence-electron chi connectivity index (χ2n) is 2.88. The van der Waals surface area contributed by atoms with E-state index in [0.29, 0.717) is 0 Å². The largest absolute Gasteiger partial charge is 0.504 e. The van der Waals surface area contributed by atoms with Gasteiger partial charge in [0.05, 0.1) is 0 Å². The minimum atomic E-state index is -0.632. The highest BCUT2D eigenvalue weighted by Crippen LogP contribution is 2.09. The summed E-state index contributed by atoms with van der Waals surface area (Å²) < 4.78 is 0. The second kappa shape index (κ2) is 6.84. The normalized spacial score (nSPS) is 31.9. The quantitative estimate of drug-likeness (QED) is 0.563. The van der Waals surface area contributed by atoms with Crippen LogP contribution in [0.2, 0.25) is 0 Å². The average Bonchev–Trinajstić information content (AvgIpc) is 2.33. The van der Waals surface area contributed by atoms with Crippen LogP contribution in [0.1, 0.15) is 0 Å². The summed E-state index contributed by atoms with van der Waals surface area (Å²) in [7, 11) is 0. The molecular formula is C12H12O5. The molecule has 1 rings (SSSR count). The molecule has 0 saturated carbocycles. The van der Waals surface area contributed by atoms with Crippen LogP contribution in [0, 0.1) is 0 Å². The van der Waals surface area contributed by atoms with Gasteiger partial charge in [-0.15, -0.1) is 0 Å². The highest BCUT2D eigenvalue weighted by molar-refractivity contribution is 5.30. The number of rotatable bonds is 0. The molecule has 0 fully saturated rings. The maximum atomic E-state index is 9.37. The highest BCUT2D eigenvalue weighted by Gasteiger charge is 2.04. The zero-order valence-electron chi connectivity index (χ0n) is 8.85. The van der Waals surface area contributed by atoms with Gasteiger partial charge in [0.15, 0.2) is 17.3 Å². The summed E-state index contributed by atoms with van der Waals surface area (Å²) in [6, 6.07) is 0. The third kappa shape index (κ3) is 4.65. The molecule has 0 spiro atoms. The molecular weight excluding hydrogens is 224 g/mol. The Morgan fingerprint density at radius 2 is 1.41 bits per heavy atom. The van der Waals surface area contributed by atoms with E-state index in [0.717, 1.165) is 12.3 Å². The molecule has 1 aliphatic rings. The van der Waals surface area contributed by atoms with Gasteiger partial charge in [-0.3, -0.25) is 9.78 Å². The summed E-state index contributed by atoms with van der Waals surface area (Å²) in [4.78, 5) is 9.14. The van der Waals surface area contributed by atoms with Crippen LogP contribution in [0.15, 0.2) is 72.3 Å². The molecule has 0 aromatic carbocycles. The van der Waals surface area contributed by atoms with Crippen molar-refractivity contribution in [2.75, 3.05) is 0 Å². The molecule has 0 amide bonds. The molecule has 0 aromatic heterocycles. The summed E-state index contributed by atoms with van der Waals surface area (Å²) in [5.74, 6) is -1.58. The van der Waals surface area contributed by atoms with Gasteiger partial charge in [0.1, 0.15) is 12.5 Å². The van der Waals surface area contributed by atoms with E-state index in [9.17, 15) is 15.3 Å². The monoisotopic (exact) mass is 236 g/mol. The Bertz CT molecular complexity index is 424. The van der Waals surface area contributed by atoms with Crippen molar-refractivity contribution in [3.8, 4) is 0 Å². The average molecular weight is 236 g/mol. The molecule has 0 bridgehead atoms. The molecule has 0 radical (unpaired) electrons. The minimum absolute atomic E-state index is 0.449. The number of aliphatic hydroxyl groups is 3. The molecule has 0 saturated heterocycles. The van der Waals surface area contributed by atoms with Gasteiger partial charge in [-0.05, 0) is 24.3 Å². The van der Waals surface area contributed by atoms with E-state index in [1.165, 1.54) is 24.5 Å². The van der Waals surface area contributed by atoms with Gasteiger partial charge in [-0.1, -0.05) is 18.2 Å². The van der Waals surface area contributed by atoms with Crippen molar-refractivity contribution in [1.29, 1.82) is 0 Å². The zero-order chi connectivity index (χ0) is 12.5. The third-order valence-electron chi connectivity index (χ3n) is 1.65. The van der Waals surface area contributed by atoms with E-state index >= 15 is 0 Å². The summed E-state index contributed by atoms with van der Waals surface area (Å²) in [6.45, 7) is 0. The van der Waals surface area contributed by atoms with E-state index in [1.807, 2.05) is 0 Å². The van der Waals surface area contributed by atoms with Crippen LogP contribution in [0.25, 0.3) is 0 Å². The Kier molecular flexibility index (Phi) is 5.03. The maximum absolute atomic E-state index is 9.37. The first-order valence-corrected chi connectivity index (χ1v) is 4.72. The first-order chi connectivity index (χ1) is 8.22. The van der Waals surface area contributed by atoms with Crippen molar-refractivity contribution < 1.29 is 25.1 Å². The maximum Gasteiger partial charge on any atom is 0.200 e. The molecule has 0 aliphatic carbocycles. The fourth-order valence-corrected chi connectivity index (χ4v) is 0.868. The highest BCUT2D eigenvalue weighted by atomic mass is 17.2. The topological polar surface area (TPSA) is 79.2 Å². The number of hydrogen-bond acceptors (Lipinski definition) is 5. The van der Waals surface area contributed by atoms with Crippen LogP contribution >= 0.6 is 0 Å². The molecule has 1 aliphatic heterocycles. The first kappa shape index (κ1) is 12.5. The van der Waals surface area contributed by atoms with Gasteiger partial charge in [0.2, 0.25) is 0 Å². The van der Waals surface area contributed by atoms with Crippen LogP contribution in [0.4, 0.5) is 0 Å². The lowest BCUT2D eigenvalue weighted by Crippen LogP contribution is -1.92. The van der Waals surface area contributed by atoms with Crippen molar-refractivity contribution in [3.63, 3.8) is 0 Å². The summed E-state index contributed by atoms with van der Waals surface area (Å²) in [5, 5.41) is 28.1. The summed E-state index contributed by atoms with van der Waals surface area (Å²) in [5.41, 5.74) is 0. The van der Waals surface area contributed by atoms with Crippen molar-refractivity contribution >= 4 is 0 Å². The molecule has 5 nitrogen and oxygen atoms in total. The van der Waals surface area contributed by atoms with E-state index in [1.54, 1.807) is 18.2 Å². The standard InChI is InChI=1S/C12H12O5/c13-10-6-3-1-2-4-8-16-17-9-5-7-11(14)12(10)15/h1-9,13-15H/b2-1+,6-3-,8-4-,9-5-,11-7-,12-10-. The van der Waals surface area contributed by atoms with Crippen LogP contribution in [0.5, 0.6) is 0 Å². The predicted octanol–water partition coefficient (Wildman–Crippen LogP) is 2.86. The van der Waals surface area contributed by atoms with Gasteiger partial charge >= 0.3 is 0 Å². The molecule has 0 unspecified atom stereocenters. The Morgan fingerprint density at radius 3 is 2.18 bits per heavy atom. The van der Waals surface area contributed by atoms with Gasteiger partial charge in [-0.25, -0.2) is 0 Å². The lowest BCUT2D eigenvalue weighted by molar-refractivity contribution is -0.195. The van der Waals surface area contributed by atoms with Crippen molar-refractivity contribution in [3.05, 3.63) is 72.3 Å². The minimum Gasteiger partial charge on any atom is -0.504 e. The predicted molar refractivity (Wildman–Crippen MR) is 61.7 cm³/mol. The van der Waals surface area contributed by atoms with Gasteiger partial charge in [0, 0.05) is 0 Å². The molecule has 3 N–H and O–H groups in total. The van der Waals surface area contributed by atoms with Gasteiger partial charge in [0.25, 0.3) is 0 Å². The molecule has 90 valence electrons. The van der Waals surface area contributed by atoms with Crippen molar-refractivity contribution in [2.45, 2.75) is 0 Å². The lowest BCUT2D eigenvalue weighted by atomic mass is 10.3. The van der Waals surface area contributed by atoms with Crippen LogP contribution < -0.4 is 0 Å². The first-order valence-electron chi connectivity index (χ1n) is 4.72. The third-order valence-corrected chi connectivity index (χ3v) is 1.65. The van der Waals surface area contributed by atoms with Gasteiger partial charge < -0.3 is 15.3 Å². The Hall–Kier alpha value is -2.56. The van der Waals surface area contributed by atoms with Gasteiger partial charge in [-0.2, -0.15) is 0 Å². The smallest absolute Gasteiger partial charge is 0.200 e. The fourth-order valence-electron chi connectivity index (χ4n) is 0.868. The summed E-state index contributed by atoms with van der Waals surface area (Å²) >= 11 is 0. The zero-order valence-corrected chi connectivity index (χ0v) is 8.85. The fraction of sp³-hybridized carbons (Fsp3) is 0. The van der Waals surface area contributed by atoms with Crippen molar-refractivity contribution in [2.24, 2.45) is 0 Å². The van der Waals surface area contributed by atoms with E-state index < -0.39 is 17.3 Å². The molecule has 1 heterocycles. The Labute approximate surface area is 98.1 Å². The number of allylic oxidation sites excluding steroid dienone is 7. The molecule has 0 atom stereocenters. The second-order valence-corrected chi connectivity index (χ2v) is 2.88. The lowest BCUT2D eigenvalue weighted by Gasteiger charge is -1.99. The molecule has 17 heavy (non-hydrogen) atoms. The molecule has 0 aromatic rings. The Balaban J connectivity index is 2.96. The van der Waals surface area contributed by atoms with E-state index in [2.05, 4.69) is 9.78 Å². The van der Waals surface area contributed by atoms with E-state index in [-0.39, 0.29) is 0 Å². The molecule has 5 heteroatoms. The Morgan fingerprint density at radius 1 is 0.765 bits per heavy atom. The SMILES string of the molecule is OC1=C\C=C/OO/C=C\C=C\C=C/C(O)=C\1O. The number of aliphatic hydroxyl groups excluding tert-OH is 3. The van der Waals surface area contributed by atoms with Crippen molar-refractivity contribution in [1.82, 2.24) is 0 Å². The summed E-state index contributed by atoms with van der Waals surface area (Å²) in [6.07, 6.45) is 12.4.